The second kappa shape index (κ2) is 8.04. The number of aromatic nitrogens is 4. The first-order chi connectivity index (χ1) is 15.2. The van der Waals surface area contributed by atoms with E-state index < -0.39 is 0 Å². The fourth-order valence-electron chi connectivity index (χ4n) is 3.47. The molecule has 0 radical (unpaired) electrons. The number of hydrazone groups is 1. The Morgan fingerprint density at radius 3 is 2.65 bits per heavy atom. The summed E-state index contributed by atoms with van der Waals surface area (Å²) in [7, 11) is 0. The number of nitrogens with zero attached hydrogens (tertiary/aromatic N) is 5. The third-order valence-electron chi connectivity index (χ3n) is 4.94. The average molecular weight is 429 g/mol. The molecule has 5 aromatic rings. The van der Waals surface area contributed by atoms with E-state index in [1.165, 1.54) is 6.21 Å². The van der Waals surface area contributed by atoms with Crippen LogP contribution in [0, 0.1) is 0 Å². The van der Waals surface area contributed by atoms with Gasteiger partial charge < -0.3 is 9.67 Å². The van der Waals surface area contributed by atoms with Crippen molar-refractivity contribution in [3.63, 3.8) is 0 Å². The van der Waals surface area contributed by atoms with Crippen LogP contribution in [0.5, 0.6) is 5.75 Å². The Kier molecular flexibility index (Phi) is 4.93. The van der Waals surface area contributed by atoms with Crippen molar-refractivity contribution in [3.05, 3.63) is 88.9 Å². The topological polar surface area (TPSA) is 88.2 Å². The van der Waals surface area contributed by atoms with E-state index in [1.54, 1.807) is 18.2 Å². The van der Waals surface area contributed by atoms with Crippen LogP contribution in [-0.4, -0.2) is 31.1 Å². The van der Waals surface area contributed by atoms with Crippen LogP contribution in [0.4, 0.5) is 5.95 Å². The van der Waals surface area contributed by atoms with Gasteiger partial charge in [0.15, 0.2) is 5.65 Å². The maximum absolute atomic E-state index is 10.00. The van der Waals surface area contributed by atoms with E-state index >= 15 is 0 Å². The molecule has 2 N–H and O–H groups in total. The molecule has 3 aromatic carbocycles. The molecular weight excluding hydrogens is 412 g/mol. The molecule has 8 heteroatoms. The highest BCUT2D eigenvalue weighted by atomic mass is 35.5. The van der Waals surface area contributed by atoms with Gasteiger partial charge >= 0.3 is 0 Å². The lowest BCUT2D eigenvalue weighted by atomic mass is 10.2. The van der Waals surface area contributed by atoms with Gasteiger partial charge in [-0.25, -0.2) is 5.43 Å². The first-order valence-corrected chi connectivity index (χ1v) is 10.0. The van der Waals surface area contributed by atoms with E-state index in [0.717, 1.165) is 22.0 Å². The van der Waals surface area contributed by atoms with Crippen molar-refractivity contribution in [2.24, 2.45) is 5.10 Å². The standard InChI is InChI=1S/C23H17ClN6O/c24-18-11-6-9-16(21(18)31)13-25-28-23-26-22-20(27-29-23)17-10-4-5-12-19(17)30(22)14-15-7-2-1-3-8-15/h1-13,31H,14H2,(H,26,28,29)/b25-13-. The van der Waals surface area contributed by atoms with Crippen molar-refractivity contribution in [2.45, 2.75) is 6.54 Å². The van der Waals surface area contributed by atoms with Gasteiger partial charge in [0.1, 0.15) is 11.3 Å². The van der Waals surface area contributed by atoms with Gasteiger partial charge in [0.25, 0.3) is 5.95 Å². The number of halogens is 1. The Hall–Kier alpha value is -3.97. The smallest absolute Gasteiger partial charge is 0.265 e. The summed E-state index contributed by atoms with van der Waals surface area (Å²) in [5.41, 5.74) is 6.90. The van der Waals surface area contributed by atoms with Gasteiger partial charge in [0, 0.05) is 17.5 Å². The molecule has 0 saturated carbocycles. The molecule has 0 spiro atoms. The molecule has 2 aromatic heterocycles. The van der Waals surface area contributed by atoms with Crippen molar-refractivity contribution in [1.82, 2.24) is 19.7 Å². The molecule has 0 amide bonds. The zero-order chi connectivity index (χ0) is 21.2. The van der Waals surface area contributed by atoms with Gasteiger partial charge in [-0.1, -0.05) is 66.2 Å². The molecule has 5 rings (SSSR count). The number of phenols is 1. The summed E-state index contributed by atoms with van der Waals surface area (Å²) in [6, 6.07) is 23.3. The maximum atomic E-state index is 10.00. The number of aromatic hydroxyl groups is 1. The van der Waals surface area contributed by atoms with Crippen LogP contribution in [0.15, 0.2) is 77.9 Å². The lowest BCUT2D eigenvalue weighted by Gasteiger charge is -2.07. The minimum absolute atomic E-state index is 0.0350. The minimum atomic E-state index is -0.0350. The molecule has 0 fully saturated rings. The van der Waals surface area contributed by atoms with Crippen LogP contribution < -0.4 is 5.43 Å². The predicted molar refractivity (Wildman–Crippen MR) is 123 cm³/mol. The molecule has 0 aliphatic heterocycles. The van der Waals surface area contributed by atoms with E-state index in [0.29, 0.717) is 17.8 Å². The monoisotopic (exact) mass is 428 g/mol. The lowest BCUT2D eigenvalue weighted by molar-refractivity contribution is 0.475. The van der Waals surface area contributed by atoms with Crippen LogP contribution in [0.25, 0.3) is 22.1 Å². The number of para-hydroxylation sites is 2. The van der Waals surface area contributed by atoms with E-state index in [-0.39, 0.29) is 16.7 Å². The van der Waals surface area contributed by atoms with Gasteiger partial charge in [-0.05, 0) is 23.8 Å². The number of anilines is 1. The first kappa shape index (κ1) is 19.0. The second-order valence-electron chi connectivity index (χ2n) is 6.94. The Morgan fingerprint density at radius 2 is 1.77 bits per heavy atom. The zero-order valence-electron chi connectivity index (χ0n) is 16.3. The molecule has 31 heavy (non-hydrogen) atoms. The van der Waals surface area contributed by atoms with E-state index in [2.05, 4.69) is 48.5 Å². The van der Waals surface area contributed by atoms with Crippen LogP contribution in [0.1, 0.15) is 11.1 Å². The Labute approximate surface area is 182 Å². The van der Waals surface area contributed by atoms with Crippen LogP contribution in [0.3, 0.4) is 0 Å². The number of hydrogen-bond donors (Lipinski definition) is 2. The fourth-order valence-corrected chi connectivity index (χ4v) is 3.65. The highest BCUT2D eigenvalue weighted by Gasteiger charge is 2.14. The molecule has 0 bridgehead atoms. The molecular formula is C23H17ClN6O. The fraction of sp³-hybridized carbons (Fsp3) is 0.0435. The molecule has 2 heterocycles. The van der Waals surface area contributed by atoms with Crippen molar-refractivity contribution >= 4 is 45.8 Å². The van der Waals surface area contributed by atoms with Crippen molar-refractivity contribution in [2.75, 3.05) is 5.43 Å². The summed E-state index contributed by atoms with van der Waals surface area (Å²) < 4.78 is 2.12. The first-order valence-electron chi connectivity index (χ1n) is 9.63. The molecule has 7 nitrogen and oxygen atoms in total. The summed E-state index contributed by atoms with van der Waals surface area (Å²) in [5.74, 6) is 0.217. The Morgan fingerprint density at radius 1 is 0.968 bits per heavy atom. The Bertz CT molecular complexity index is 1410. The average Bonchev–Trinajstić information content (AvgIpc) is 3.10. The molecule has 0 aliphatic rings. The molecule has 0 atom stereocenters. The molecule has 0 saturated heterocycles. The van der Waals surface area contributed by atoms with Crippen LogP contribution in [0.2, 0.25) is 5.02 Å². The number of fused-ring (bicyclic) bond motifs is 3. The largest absolute Gasteiger partial charge is 0.506 e. The summed E-state index contributed by atoms with van der Waals surface area (Å²) in [4.78, 5) is 4.66. The number of phenolic OH excluding ortho intramolecular Hbond substituents is 1. The van der Waals surface area contributed by atoms with E-state index in [4.69, 9.17) is 11.6 Å². The summed E-state index contributed by atoms with van der Waals surface area (Å²) >= 11 is 5.93. The van der Waals surface area contributed by atoms with Crippen molar-refractivity contribution in [1.29, 1.82) is 0 Å². The van der Waals surface area contributed by atoms with E-state index in [9.17, 15) is 5.11 Å². The van der Waals surface area contributed by atoms with Crippen molar-refractivity contribution in [3.8, 4) is 5.75 Å². The van der Waals surface area contributed by atoms with Gasteiger partial charge in [0.05, 0.1) is 16.8 Å². The highest BCUT2D eigenvalue weighted by Crippen LogP contribution is 2.28. The number of nitrogens with one attached hydrogen (secondary N) is 1. The zero-order valence-corrected chi connectivity index (χ0v) is 17.0. The number of rotatable bonds is 5. The summed E-state index contributed by atoms with van der Waals surface area (Å²) in [6.45, 7) is 0.655. The number of hydrogen-bond acceptors (Lipinski definition) is 6. The maximum Gasteiger partial charge on any atom is 0.265 e. The van der Waals surface area contributed by atoms with Gasteiger partial charge in [-0.3, -0.25) is 0 Å². The molecule has 0 aliphatic carbocycles. The molecule has 0 unspecified atom stereocenters. The summed E-state index contributed by atoms with van der Waals surface area (Å²) in [5, 5.41) is 23.9. The third-order valence-corrected chi connectivity index (χ3v) is 5.25. The second-order valence-corrected chi connectivity index (χ2v) is 7.35. The van der Waals surface area contributed by atoms with Gasteiger partial charge in [-0.15, -0.1) is 10.2 Å². The van der Waals surface area contributed by atoms with E-state index in [1.807, 2.05) is 36.4 Å². The minimum Gasteiger partial charge on any atom is -0.506 e. The number of benzene rings is 3. The SMILES string of the molecule is Oc1c(Cl)cccc1/C=N\Nc1nnc2c3ccccc3n(Cc3ccccc3)c2n1. The predicted octanol–water partition coefficient (Wildman–Crippen LogP) is 4.83. The summed E-state index contributed by atoms with van der Waals surface area (Å²) in [6.07, 6.45) is 1.45. The van der Waals surface area contributed by atoms with Crippen molar-refractivity contribution < 1.29 is 5.11 Å². The van der Waals surface area contributed by atoms with Crippen LogP contribution >= 0.6 is 11.6 Å². The van der Waals surface area contributed by atoms with Gasteiger partial charge in [0.2, 0.25) is 0 Å². The normalized spacial score (nSPS) is 11.5. The highest BCUT2D eigenvalue weighted by molar-refractivity contribution is 6.32. The molecule has 152 valence electrons. The quantitative estimate of drug-likeness (QED) is 0.309. The Balaban J connectivity index is 1.52. The lowest BCUT2D eigenvalue weighted by Crippen LogP contribution is -2.04. The third kappa shape index (κ3) is 3.67. The van der Waals surface area contributed by atoms with Gasteiger partial charge in [-0.2, -0.15) is 10.1 Å². The van der Waals surface area contributed by atoms with Crippen LogP contribution in [-0.2, 0) is 6.54 Å².